The predicted molar refractivity (Wildman–Crippen MR) is 97.9 cm³/mol. The molecule has 0 heterocycles. The second kappa shape index (κ2) is 5.84. The summed E-state index contributed by atoms with van der Waals surface area (Å²) in [4.78, 5) is 11.4. The van der Waals surface area contributed by atoms with Crippen LogP contribution in [-0.2, 0) is 9.53 Å². The van der Waals surface area contributed by atoms with Crippen LogP contribution >= 0.6 is 0 Å². The topological polar surface area (TPSA) is 46.5 Å². The fraction of sp³-hybridized carbons (Fsp3) is 0.864. The molecule has 1 N–H and O–H groups in total. The van der Waals surface area contributed by atoms with Gasteiger partial charge in [-0.15, -0.1) is 0 Å². The summed E-state index contributed by atoms with van der Waals surface area (Å²) < 4.78 is 5.56. The highest BCUT2D eigenvalue weighted by Crippen LogP contribution is 2.65. The van der Waals surface area contributed by atoms with Crippen molar-refractivity contribution in [1.29, 1.82) is 0 Å². The van der Waals surface area contributed by atoms with E-state index in [9.17, 15) is 9.90 Å². The lowest BCUT2D eigenvalue weighted by molar-refractivity contribution is -0.148. The maximum absolute atomic E-state index is 11.4. The molecular formula is C22H34O3. The van der Waals surface area contributed by atoms with Crippen LogP contribution in [0.1, 0.15) is 79.1 Å². The van der Waals surface area contributed by atoms with Crippen molar-refractivity contribution in [3.8, 4) is 0 Å². The molecule has 4 rings (SSSR count). The van der Waals surface area contributed by atoms with Gasteiger partial charge in [0.1, 0.15) is 6.10 Å². The van der Waals surface area contributed by atoms with E-state index in [1.54, 1.807) is 11.1 Å². The van der Waals surface area contributed by atoms with E-state index >= 15 is 0 Å². The summed E-state index contributed by atoms with van der Waals surface area (Å²) in [6.45, 7) is 8.68. The van der Waals surface area contributed by atoms with Crippen LogP contribution in [0, 0.1) is 28.6 Å². The lowest BCUT2D eigenvalue weighted by Crippen LogP contribution is -2.52. The van der Waals surface area contributed by atoms with Crippen molar-refractivity contribution in [3.05, 3.63) is 11.1 Å². The number of aliphatic hydroxyl groups excluding tert-OH is 1. The Labute approximate surface area is 152 Å². The molecule has 7 atom stereocenters. The third-order valence-corrected chi connectivity index (χ3v) is 8.70. The molecule has 0 saturated heterocycles. The van der Waals surface area contributed by atoms with Gasteiger partial charge in [0.2, 0.25) is 0 Å². The Bertz CT molecular complexity index is 608. The minimum atomic E-state index is -0.145. The number of carbonyl (C=O) groups excluding carboxylic acids is 1. The fourth-order valence-electron chi connectivity index (χ4n) is 7.39. The van der Waals surface area contributed by atoms with Gasteiger partial charge in [0.25, 0.3) is 0 Å². The Balaban J connectivity index is 1.64. The molecule has 3 unspecified atom stereocenters. The lowest BCUT2D eigenvalue weighted by atomic mass is 9.47. The number of aliphatic hydroxyl groups is 1. The molecule has 4 aliphatic carbocycles. The van der Waals surface area contributed by atoms with E-state index in [4.69, 9.17) is 4.74 Å². The summed E-state index contributed by atoms with van der Waals surface area (Å²) in [7, 11) is 0. The molecule has 0 amide bonds. The number of hydrogen-bond donors (Lipinski definition) is 1. The van der Waals surface area contributed by atoms with Gasteiger partial charge in [-0.2, -0.15) is 0 Å². The molecular weight excluding hydrogens is 312 g/mol. The molecule has 3 heteroatoms. The Morgan fingerprint density at radius 3 is 2.56 bits per heavy atom. The van der Waals surface area contributed by atoms with E-state index in [1.165, 1.54) is 32.6 Å². The molecule has 0 bridgehead atoms. The molecule has 0 spiro atoms. The third-order valence-electron chi connectivity index (χ3n) is 8.70. The number of carbonyl (C=O) groups is 1. The number of esters is 1. The van der Waals surface area contributed by atoms with E-state index in [1.807, 2.05) is 0 Å². The summed E-state index contributed by atoms with van der Waals surface area (Å²) in [5.74, 6) is 2.01. The number of hydrogen-bond acceptors (Lipinski definition) is 3. The molecule has 3 nitrogen and oxygen atoms in total. The molecule has 0 aromatic heterocycles. The molecule has 0 aromatic carbocycles. The second-order valence-electron chi connectivity index (χ2n) is 9.87. The smallest absolute Gasteiger partial charge is 0.302 e. The number of ether oxygens (including phenoxy) is 1. The van der Waals surface area contributed by atoms with E-state index in [0.29, 0.717) is 5.92 Å². The Morgan fingerprint density at radius 1 is 1.08 bits per heavy atom. The summed E-state index contributed by atoms with van der Waals surface area (Å²) in [5.41, 5.74) is 3.56. The van der Waals surface area contributed by atoms with Crippen LogP contribution in [0.3, 0.4) is 0 Å². The summed E-state index contributed by atoms with van der Waals surface area (Å²) in [6.07, 6.45) is 8.87. The van der Waals surface area contributed by atoms with Crippen LogP contribution in [-0.4, -0.2) is 23.3 Å². The minimum Gasteiger partial charge on any atom is -0.462 e. The van der Waals surface area contributed by atoms with Gasteiger partial charge in [0.15, 0.2) is 0 Å². The first-order valence-electron chi connectivity index (χ1n) is 10.3. The van der Waals surface area contributed by atoms with Crippen LogP contribution in [0.5, 0.6) is 0 Å². The van der Waals surface area contributed by atoms with E-state index in [2.05, 4.69) is 20.8 Å². The van der Waals surface area contributed by atoms with Crippen LogP contribution in [0.4, 0.5) is 0 Å². The second-order valence-corrected chi connectivity index (χ2v) is 9.87. The first-order chi connectivity index (χ1) is 11.8. The van der Waals surface area contributed by atoms with Crippen molar-refractivity contribution in [2.45, 2.75) is 91.3 Å². The Kier molecular flexibility index (Phi) is 4.10. The van der Waals surface area contributed by atoms with Crippen LogP contribution in [0.2, 0.25) is 0 Å². The molecule has 0 aromatic rings. The maximum atomic E-state index is 11.4. The maximum Gasteiger partial charge on any atom is 0.302 e. The summed E-state index contributed by atoms with van der Waals surface area (Å²) in [6, 6.07) is 0. The van der Waals surface area contributed by atoms with Gasteiger partial charge in [-0.05, 0) is 80.5 Å². The van der Waals surface area contributed by atoms with Crippen LogP contribution in [0.15, 0.2) is 11.1 Å². The Hall–Kier alpha value is -0.830. The Morgan fingerprint density at radius 2 is 1.84 bits per heavy atom. The zero-order chi connectivity index (χ0) is 18.0. The van der Waals surface area contributed by atoms with Crippen molar-refractivity contribution in [3.63, 3.8) is 0 Å². The van der Waals surface area contributed by atoms with Gasteiger partial charge < -0.3 is 9.84 Å². The van der Waals surface area contributed by atoms with Crippen molar-refractivity contribution < 1.29 is 14.6 Å². The van der Waals surface area contributed by atoms with Crippen molar-refractivity contribution in [2.24, 2.45) is 28.6 Å². The van der Waals surface area contributed by atoms with Gasteiger partial charge in [0.05, 0.1) is 6.10 Å². The minimum absolute atomic E-state index is 0.0780. The zero-order valence-corrected chi connectivity index (χ0v) is 16.3. The number of rotatable bonds is 1. The van der Waals surface area contributed by atoms with Crippen LogP contribution < -0.4 is 0 Å². The van der Waals surface area contributed by atoms with Gasteiger partial charge in [-0.1, -0.05) is 25.0 Å². The van der Waals surface area contributed by atoms with Gasteiger partial charge in [-0.25, -0.2) is 0 Å². The van der Waals surface area contributed by atoms with Crippen LogP contribution in [0.25, 0.3) is 0 Å². The molecule has 4 aliphatic rings. The molecule has 0 radical (unpaired) electrons. The first kappa shape index (κ1) is 17.6. The molecule has 25 heavy (non-hydrogen) atoms. The summed E-state index contributed by atoms with van der Waals surface area (Å²) in [5, 5.41) is 10.6. The molecule has 3 fully saturated rings. The largest absolute Gasteiger partial charge is 0.462 e. The van der Waals surface area contributed by atoms with Crippen molar-refractivity contribution in [1.82, 2.24) is 0 Å². The highest BCUT2D eigenvalue weighted by atomic mass is 16.5. The molecule has 0 aliphatic heterocycles. The quantitative estimate of drug-likeness (QED) is 0.556. The summed E-state index contributed by atoms with van der Waals surface area (Å²) >= 11 is 0. The van der Waals surface area contributed by atoms with Gasteiger partial charge >= 0.3 is 5.97 Å². The predicted octanol–water partition coefficient (Wildman–Crippen LogP) is 4.63. The molecule has 140 valence electrons. The third kappa shape index (κ3) is 2.52. The monoisotopic (exact) mass is 346 g/mol. The normalized spacial score (nSPS) is 49.2. The van der Waals surface area contributed by atoms with Crippen molar-refractivity contribution in [2.75, 3.05) is 0 Å². The number of fused-ring (bicyclic) bond motifs is 5. The highest BCUT2D eigenvalue weighted by Gasteiger charge is 2.59. The van der Waals surface area contributed by atoms with E-state index in [0.717, 1.165) is 37.5 Å². The molecule has 3 saturated carbocycles. The standard InChI is InChI=1S/C22H34O3/c1-13-11-16-17-5-6-20(24)22(17,4)10-8-18(16)21(3)9-7-15(12-19(13)21)25-14(2)23/h15-18,20,24H,5-12H2,1-4H3/t15-,16?,17?,18?,20-,21+,22-/m0/s1. The SMILES string of the molecule is CC(=O)O[C@H]1CC[C@@]2(C)C(=C(C)CC3C2CC[C@@]2(C)C3CC[C@@H]2O)C1. The fourth-order valence-corrected chi connectivity index (χ4v) is 7.39. The average molecular weight is 347 g/mol. The average Bonchev–Trinajstić information content (AvgIpc) is 2.84. The zero-order valence-electron chi connectivity index (χ0n) is 16.3. The van der Waals surface area contributed by atoms with Gasteiger partial charge in [0, 0.05) is 13.3 Å². The lowest BCUT2D eigenvalue weighted by Gasteiger charge is -2.58. The van der Waals surface area contributed by atoms with E-state index in [-0.39, 0.29) is 29.0 Å². The number of allylic oxidation sites excluding steroid dienone is 1. The van der Waals surface area contributed by atoms with E-state index < -0.39 is 0 Å². The first-order valence-corrected chi connectivity index (χ1v) is 10.3. The highest BCUT2D eigenvalue weighted by molar-refractivity contribution is 5.66. The van der Waals surface area contributed by atoms with Gasteiger partial charge in [-0.3, -0.25) is 4.79 Å². The van der Waals surface area contributed by atoms with Crippen molar-refractivity contribution >= 4 is 5.97 Å².